The minimum Gasteiger partial charge on any atom is -0.296 e. The zero-order valence-electron chi connectivity index (χ0n) is 11.7. The molecule has 0 aliphatic carbocycles. The molecule has 0 fully saturated rings. The number of rotatable bonds is 3. The van der Waals surface area contributed by atoms with Crippen molar-refractivity contribution in [1.29, 1.82) is 0 Å². The monoisotopic (exact) mass is 298 g/mol. The first kappa shape index (κ1) is 13.6. The molecule has 0 atom stereocenters. The number of fused-ring (bicyclic) bond motifs is 1. The van der Waals surface area contributed by atoms with Crippen molar-refractivity contribution in [2.45, 2.75) is 19.8 Å². The van der Waals surface area contributed by atoms with Crippen LogP contribution >= 0.6 is 11.3 Å². The first-order chi connectivity index (χ1) is 10.1. The number of aromatic nitrogens is 3. The predicted molar refractivity (Wildman–Crippen MR) is 83.7 cm³/mol. The normalized spacial score (nSPS) is 11.0. The van der Waals surface area contributed by atoms with E-state index in [1.54, 1.807) is 12.3 Å². The Hall–Kier alpha value is -2.34. The van der Waals surface area contributed by atoms with Crippen LogP contribution in [0.25, 0.3) is 10.9 Å². The lowest BCUT2D eigenvalue weighted by Crippen LogP contribution is -2.12. The van der Waals surface area contributed by atoms with Crippen LogP contribution < -0.4 is 5.32 Å². The predicted octanol–water partition coefficient (Wildman–Crippen LogP) is 3.46. The molecule has 0 unspecified atom stereocenters. The Kier molecular flexibility index (Phi) is 3.62. The minimum atomic E-state index is -0.194. The molecule has 2 heterocycles. The van der Waals surface area contributed by atoms with Gasteiger partial charge in [0.1, 0.15) is 5.01 Å². The highest BCUT2D eigenvalue weighted by molar-refractivity contribution is 7.15. The lowest BCUT2D eigenvalue weighted by molar-refractivity contribution is 0.102. The molecule has 0 aliphatic heterocycles. The maximum Gasteiger partial charge on any atom is 0.258 e. The molecule has 0 saturated heterocycles. The van der Waals surface area contributed by atoms with E-state index in [9.17, 15) is 4.79 Å². The van der Waals surface area contributed by atoms with E-state index in [0.29, 0.717) is 16.6 Å². The summed E-state index contributed by atoms with van der Waals surface area (Å²) >= 11 is 1.40. The number of carbonyl (C=O) groups is 1. The summed E-state index contributed by atoms with van der Waals surface area (Å²) in [6, 6.07) is 9.27. The summed E-state index contributed by atoms with van der Waals surface area (Å²) in [7, 11) is 0. The molecule has 0 spiro atoms. The first-order valence-electron chi connectivity index (χ1n) is 6.63. The van der Waals surface area contributed by atoms with Gasteiger partial charge < -0.3 is 0 Å². The fourth-order valence-electron chi connectivity index (χ4n) is 1.98. The van der Waals surface area contributed by atoms with Crippen molar-refractivity contribution in [1.82, 2.24) is 15.2 Å². The van der Waals surface area contributed by atoms with Crippen LogP contribution in [0, 0.1) is 0 Å². The van der Waals surface area contributed by atoms with Gasteiger partial charge in [0.25, 0.3) is 5.91 Å². The van der Waals surface area contributed by atoms with Crippen molar-refractivity contribution in [2.24, 2.45) is 0 Å². The Morgan fingerprint density at radius 1 is 1.19 bits per heavy atom. The fourth-order valence-corrected chi connectivity index (χ4v) is 2.72. The minimum absolute atomic E-state index is 0.194. The third kappa shape index (κ3) is 2.75. The molecule has 0 saturated carbocycles. The van der Waals surface area contributed by atoms with Crippen LogP contribution in [0.4, 0.5) is 5.13 Å². The maximum absolute atomic E-state index is 12.4. The molecule has 6 heteroatoms. The van der Waals surface area contributed by atoms with E-state index in [1.807, 2.05) is 38.1 Å². The topological polar surface area (TPSA) is 67.8 Å². The van der Waals surface area contributed by atoms with Crippen LogP contribution in [-0.2, 0) is 0 Å². The van der Waals surface area contributed by atoms with E-state index in [2.05, 4.69) is 20.5 Å². The summed E-state index contributed by atoms with van der Waals surface area (Å²) in [5, 5.41) is 13.1. The van der Waals surface area contributed by atoms with Crippen LogP contribution in [0.3, 0.4) is 0 Å². The summed E-state index contributed by atoms with van der Waals surface area (Å²) < 4.78 is 0. The van der Waals surface area contributed by atoms with E-state index in [4.69, 9.17) is 0 Å². The van der Waals surface area contributed by atoms with E-state index < -0.39 is 0 Å². The van der Waals surface area contributed by atoms with Crippen molar-refractivity contribution in [2.75, 3.05) is 5.32 Å². The SMILES string of the molecule is CC(C)c1nnc(NC(=O)c2ccnc3ccccc23)s1. The number of para-hydroxylation sites is 1. The van der Waals surface area contributed by atoms with Gasteiger partial charge in [0.05, 0.1) is 11.1 Å². The second kappa shape index (κ2) is 5.57. The Bertz CT molecular complexity index is 792. The average molecular weight is 298 g/mol. The number of carbonyl (C=O) groups excluding carboxylic acids is 1. The van der Waals surface area contributed by atoms with Crippen molar-refractivity contribution in [3.8, 4) is 0 Å². The van der Waals surface area contributed by atoms with Gasteiger partial charge in [0.15, 0.2) is 0 Å². The standard InChI is InChI=1S/C15H14N4OS/c1-9(2)14-18-19-15(21-14)17-13(20)11-7-8-16-12-6-4-3-5-10(11)12/h3-9H,1-2H3,(H,17,19,20). The second-order valence-corrected chi connectivity index (χ2v) is 5.94. The summed E-state index contributed by atoms with van der Waals surface area (Å²) in [5.74, 6) is 0.106. The Morgan fingerprint density at radius 2 is 2.00 bits per heavy atom. The zero-order chi connectivity index (χ0) is 14.8. The van der Waals surface area contributed by atoms with Crippen LogP contribution in [0.2, 0.25) is 0 Å². The van der Waals surface area contributed by atoms with Gasteiger partial charge in [-0.05, 0) is 12.1 Å². The third-order valence-electron chi connectivity index (χ3n) is 3.05. The summed E-state index contributed by atoms with van der Waals surface area (Å²) in [4.78, 5) is 16.7. The lowest BCUT2D eigenvalue weighted by atomic mass is 10.1. The summed E-state index contributed by atoms with van der Waals surface area (Å²) in [6.07, 6.45) is 1.64. The van der Waals surface area contributed by atoms with Crippen LogP contribution in [0.5, 0.6) is 0 Å². The highest BCUT2D eigenvalue weighted by atomic mass is 32.1. The molecule has 2 aromatic heterocycles. The van der Waals surface area contributed by atoms with Gasteiger partial charge in [-0.15, -0.1) is 10.2 Å². The number of nitrogens with zero attached hydrogens (tertiary/aromatic N) is 3. The molecule has 3 rings (SSSR count). The largest absolute Gasteiger partial charge is 0.296 e. The van der Waals surface area contributed by atoms with Gasteiger partial charge in [-0.25, -0.2) is 0 Å². The smallest absolute Gasteiger partial charge is 0.258 e. The highest BCUT2D eigenvalue weighted by Gasteiger charge is 2.14. The van der Waals surface area contributed by atoms with E-state index in [1.165, 1.54) is 11.3 Å². The zero-order valence-corrected chi connectivity index (χ0v) is 12.5. The Labute approximate surface area is 126 Å². The molecule has 1 N–H and O–H groups in total. The Morgan fingerprint density at radius 3 is 2.76 bits per heavy atom. The summed E-state index contributed by atoms with van der Waals surface area (Å²) in [5.41, 5.74) is 1.38. The fraction of sp³-hybridized carbons (Fsp3) is 0.200. The number of hydrogen-bond donors (Lipinski definition) is 1. The van der Waals surface area contributed by atoms with Crippen LogP contribution in [-0.4, -0.2) is 21.1 Å². The van der Waals surface area contributed by atoms with Crippen molar-refractivity contribution >= 4 is 33.3 Å². The molecule has 0 radical (unpaired) electrons. The van der Waals surface area contributed by atoms with E-state index in [-0.39, 0.29) is 5.91 Å². The third-order valence-corrected chi connectivity index (χ3v) is 4.19. The quantitative estimate of drug-likeness (QED) is 0.804. The number of amides is 1. The average Bonchev–Trinajstić information content (AvgIpc) is 2.95. The van der Waals surface area contributed by atoms with Crippen LogP contribution in [0.15, 0.2) is 36.5 Å². The molecular weight excluding hydrogens is 284 g/mol. The van der Waals surface area contributed by atoms with Crippen LogP contribution in [0.1, 0.15) is 35.1 Å². The van der Waals surface area contributed by atoms with Gasteiger partial charge in [-0.3, -0.25) is 15.1 Å². The first-order valence-corrected chi connectivity index (χ1v) is 7.45. The molecule has 106 valence electrons. The molecule has 3 aromatic rings. The number of nitrogens with one attached hydrogen (secondary N) is 1. The van der Waals surface area contributed by atoms with Crippen molar-refractivity contribution < 1.29 is 4.79 Å². The molecule has 0 aliphatic rings. The molecule has 1 amide bonds. The number of hydrogen-bond acceptors (Lipinski definition) is 5. The summed E-state index contributed by atoms with van der Waals surface area (Å²) in [6.45, 7) is 4.09. The molecule has 21 heavy (non-hydrogen) atoms. The van der Waals surface area contributed by atoms with Crippen molar-refractivity contribution in [3.63, 3.8) is 0 Å². The number of benzene rings is 1. The van der Waals surface area contributed by atoms with Gasteiger partial charge in [-0.1, -0.05) is 43.4 Å². The van der Waals surface area contributed by atoms with E-state index >= 15 is 0 Å². The van der Waals surface area contributed by atoms with Gasteiger partial charge in [-0.2, -0.15) is 0 Å². The van der Waals surface area contributed by atoms with Gasteiger partial charge in [0.2, 0.25) is 5.13 Å². The van der Waals surface area contributed by atoms with Crippen molar-refractivity contribution in [3.05, 3.63) is 47.1 Å². The molecule has 0 bridgehead atoms. The van der Waals surface area contributed by atoms with E-state index in [0.717, 1.165) is 15.9 Å². The number of pyridine rings is 1. The highest BCUT2D eigenvalue weighted by Crippen LogP contribution is 2.23. The molecule has 1 aromatic carbocycles. The maximum atomic E-state index is 12.4. The number of anilines is 1. The lowest BCUT2D eigenvalue weighted by Gasteiger charge is -2.04. The molecule has 5 nitrogen and oxygen atoms in total. The molecular formula is C15H14N4OS. The second-order valence-electron chi connectivity index (χ2n) is 4.93. The van der Waals surface area contributed by atoms with Gasteiger partial charge in [0, 0.05) is 17.5 Å². The Balaban J connectivity index is 1.90. The van der Waals surface area contributed by atoms with Gasteiger partial charge >= 0.3 is 0 Å².